The molecule has 0 radical (unpaired) electrons. The number of aromatic nitrogens is 2. The summed E-state index contributed by atoms with van der Waals surface area (Å²) in [6, 6.07) is 1.36. The first-order chi connectivity index (χ1) is 8.81. The molecule has 0 atom stereocenters. The molecule has 2 aromatic rings. The van der Waals surface area contributed by atoms with Gasteiger partial charge in [0.2, 0.25) is 5.88 Å². The zero-order chi connectivity index (χ0) is 14.2. The number of pyridine rings is 1. The number of halogens is 2. The summed E-state index contributed by atoms with van der Waals surface area (Å²) < 4.78 is 32.1. The van der Waals surface area contributed by atoms with Crippen molar-refractivity contribution in [1.82, 2.24) is 10.1 Å². The van der Waals surface area contributed by atoms with Crippen molar-refractivity contribution in [2.45, 2.75) is 18.7 Å². The van der Waals surface area contributed by atoms with Crippen molar-refractivity contribution in [3.8, 4) is 0 Å². The lowest BCUT2D eigenvalue weighted by Gasteiger charge is -2.07. The first-order valence-corrected chi connectivity index (χ1v) is 7.73. The van der Waals surface area contributed by atoms with E-state index < -0.39 is 10.0 Å². The Morgan fingerprint density at radius 1 is 1.42 bits per heavy atom. The van der Waals surface area contributed by atoms with Gasteiger partial charge in [-0.15, -0.1) is 0 Å². The second-order valence-corrected chi connectivity index (χ2v) is 6.69. The molecule has 0 unspecified atom stereocenters. The summed E-state index contributed by atoms with van der Waals surface area (Å²) >= 11 is 8.94. The monoisotopic (exact) mass is 365 g/mol. The molecular formula is C10H9BrClN3O3S. The van der Waals surface area contributed by atoms with Gasteiger partial charge in [-0.3, -0.25) is 0 Å². The van der Waals surface area contributed by atoms with Crippen molar-refractivity contribution in [3.63, 3.8) is 0 Å². The lowest BCUT2D eigenvalue weighted by molar-refractivity contribution is 0.430. The summed E-state index contributed by atoms with van der Waals surface area (Å²) in [6.45, 7) is 3.41. The van der Waals surface area contributed by atoms with Crippen LogP contribution in [0.1, 0.15) is 11.3 Å². The van der Waals surface area contributed by atoms with Crippen molar-refractivity contribution in [3.05, 3.63) is 33.1 Å². The number of sulfonamides is 1. The molecule has 0 saturated carbocycles. The third kappa shape index (κ3) is 2.90. The van der Waals surface area contributed by atoms with Crippen molar-refractivity contribution in [2.24, 2.45) is 0 Å². The predicted octanol–water partition coefficient (Wildman–Crippen LogP) is 2.90. The van der Waals surface area contributed by atoms with Crippen LogP contribution in [-0.4, -0.2) is 18.6 Å². The molecule has 2 heterocycles. The van der Waals surface area contributed by atoms with E-state index in [1.54, 1.807) is 13.8 Å². The van der Waals surface area contributed by atoms with E-state index in [1.807, 2.05) is 0 Å². The van der Waals surface area contributed by atoms with E-state index in [1.165, 1.54) is 12.3 Å². The lowest BCUT2D eigenvalue weighted by atomic mass is 10.3. The summed E-state index contributed by atoms with van der Waals surface area (Å²) in [5.74, 6) is 0.0635. The summed E-state index contributed by atoms with van der Waals surface area (Å²) in [6.07, 6.45) is 1.41. The van der Waals surface area contributed by atoms with E-state index in [9.17, 15) is 8.42 Å². The van der Waals surface area contributed by atoms with Gasteiger partial charge in [0.1, 0.15) is 10.0 Å². The van der Waals surface area contributed by atoms with Gasteiger partial charge in [-0.2, -0.15) is 0 Å². The van der Waals surface area contributed by atoms with Gasteiger partial charge >= 0.3 is 0 Å². The van der Waals surface area contributed by atoms with Crippen LogP contribution in [0.5, 0.6) is 0 Å². The number of hydrogen-bond donors (Lipinski definition) is 1. The second kappa shape index (κ2) is 5.10. The standard InChI is InChI=1S/C10H9BrClN3O3S/c1-5-6(2)14-18-10(5)15-19(16,17)8-3-7(11)4-13-9(8)12/h3-4,15H,1-2H3. The topological polar surface area (TPSA) is 85.1 Å². The number of rotatable bonds is 3. The molecule has 0 aliphatic heterocycles. The van der Waals surface area contributed by atoms with Crippen LogP contribution < -0.4 is 4.72 Å². The number of aryl methyl sites for hydroxylation is 1. The van der Waals surface area contributed by atoms with Gasteiger partial charge in [-0.05, 0) is 35.8 Å². The minimum Gasteiger partial charge on any atom is -0.337 e. The minimum atomic E-state index is -3.88. The molecule has 19 heavy (non-hydrogen) atoms. The fourth-order valence-electron chi connectivity index (χ4n) is 1.28. The molecule has 0 aliphatic rings. The molecule has 9 heteroatoms. The summed E-state index contributed by atoms with van der Waals surface area (Å²) in [5, 5.41) is 3.55. The zero-order valence-corrected chi connectivity index (χ0v) is 13.1. The maximum atomic E-state index is 12.2. The summed E-state index contributed by atoms with van der Waals surface area (Å²) in [5.41, 5.74) is 1.22. The Morgan fingerprint density at radius 2 is 2.11 bits per heavy atom. The van der Waals surface area contributed by atoms with Gasteiger partial charge < -0.3 is 4.52 Å². The number of anilines is 1. The van der Waals surface area contributed by atoms with Gasteiger partial charge in [0.05, 0.1) is 5.69 Å². The van der Waals surface area contributed by atoms with Crippen LogP contribution in [0.2, 0.25) is 5.15 Å². The van der Waals surface area contributed by atoms with Crippen LogP contribution in [0.25, 0.3) is 0 Å². The third-order valence-electron chi connectivity index (χ3n) is 2.45. The molecule has 2 rings (SSSR count). The highest BCUT2D eigenvalue weighted by atomic mass is 79.9. The Balaban J connectivity index is 2.43. The Bertz CT molecular complexity index is 730. The zero-order valence-electron chi connectivity index (χ0n) is 9.94. The van der Waals surface area contributed by atoms with E-state index in [0.29, 0.717) is 15.7 Å². The highest BCUT2D eigenvalue weighted by molar-refractivity contribution is 9.10. The molecule has 0 amide bonds. The Hall–Kier alpha value is -1.12. The first kappa shape index (κ1) is 14.3. The summed E-state index contributed by atoms with van der Waals surface area (Å²) in [7, 11) is -3.88. The van der Waals surface area contributed by atoms with Crippen LogP contribution in [0.3, 0.4) is 0 Å². The third-order valence-corrected chi connectivity index (χ3v) is 4.64. The molecule has 0 saturated heterocycles. The number of nitrogens with one attached hydrogen (secondary N) is 1. The van der Waals surface area contributed by atoms with E-state index in [4.69, 9.17) is 16.1 Å². The molecule has 2 aromatic heterocycles. The molecular weight excluding hydrogens is 358 g/mol. The normalized spacial score (nSPS) is 11.6. The highest BCUT2D eigenvalue weighted by Gasteiger charge is 2.22. The second-order valence-electron chi connectivity index (χ2n) is 3.77. The van der Waals surface area contributed by atoms with Crippen molar-refractivity contribution < 1.29 is 12.9 Å². The molecule has 102 valence electrons. The van der Waals surface area contributed by atoms with Crippen molar-refractivity contribution in [2.75, 3.05) is 4.72 Å². The summed E-state index contributed by atoms with van der Waals surface area (Å²) in [4.78, 5) is 3.63. The Morgan fingerprint density at radius 3 is 2.68 bits per heavy atom. The largest absolute Gasteiger partial charge is 0.337 e. The number of hydrogen-bond acceptors (Lipinski definition) is 5. The lowest BCUT2D eigenvalue weighted by Crippen LogP contribution is -2.14. The van der Waals surface area contributed by atoms with Gasteiger partial charge in [-0.1, -0.05) is 16.8 Å². The van der Waals surface area contributed by atoms with Crippen LogP contribution in [0, 0.1) is 13.8 Å². The molecule has 0 bridgehead atoms. The maximum Gasteiger partial charge on any atom is 0.267 e. The van der Waals surface area contributed by atoms with Crippen LogP contribution in [-0.2, 0) is 10.0 Å². The first-order valence-electron chi connectivity index (χ1n) is 5.08. The highest BCUT2D eigenvalue weighted by Crippen LogP contribution is 2.26. The molecule has 0 fully saturated rings. The van der Waals surface area contributed by atoms with Crippen molar-refractivity contribution in [1.29, 1.82) is 0 Å². The van der Waals surface area contributed by atoms with E-state index in [0.717, 1.165) is 0 Å². The van der Waals surface area contributed by atoms with Crippen LogP contribution in [0.15, 0.2) is 26.2 Å². The fourth-order valence-corrected chi connectivity index (χ4v) is 3.27. The van der Waals surface area contributed by atoms with Crippen LogP contribution >= 0.6 is 27.5 Å². The van der Waals surface area contributed by atoms with Gasteiger partial charge in [0.15, 0.2) is 0 Å². The van der Waals surface area contributed by atoms with Gasteiger partial charge in [0, 0.05) is 16.2 Å². The van der Waals surface area contributed by atoms with Crippen molar-refractivity contribution >= 4 is 43.4 Å². The van der Waals surface area contributed by atoms with Gasteiger partial charge in [0.25, 0.3) is 10.0 Å². The van der Waals surface area contributed by atoms with E-state index >= 15 is 0 Å². The molecule has 0 spiro atoms. The van der Waals surface area contributed by atoms with E-state index in [-0.39, 0.29) is 15.9 Å². The quantitative estimate of drug-likeness (QED) is 0.844. The average Bonchev–Trinajstić information content (AvgIpc) is 2.63. The predicted molar refractivity (Wildman–Crippen MR) is 73.7 cm³/mol. The van der Waals surface area contributed by atoms with E-state index in [2.05, 4.69) is 30.8 Å². The SMILES string of the molecule is Cc1noc(NS(=O)(=O)c2cc(Br)cnc2Cl)c1C. The Labute approximate surface area is 123 Å². The average molecular weight is 367 g/mol. The molecule has 1 N–H and O–H groups in total. The smallest absolute Gasteiger partial charge is 0.267 e. The maximum absolute atomic E-state index is 12.2. The van der Waals surface area contributed by atoms with Crippen LogP contribution in [0.4, 0.5) is 5.88 Å². The minimum absolute atomic E-state index is 0.0635. The fraction of sp³-hybridized carbons (Fsp3) is 0.200. The molecule has 0 aromatic carbocycles. The number of nitrogens with zero attached hydrogens (tertiary/aromatic N) is 2. The molecule has 0 aliphatic carbocycles. The Kier molecular flexibility index (Phi) is 3.84. The molecule has 6 nitrogen and oxygen atoms in total. The van der Waals surface area contributed by atoms with Gasteiger partial charge in [-0.25, -0.2) is 18.1 Å².